The van der Waals surface area contributed by atoms with Gasteiger partial charge < -0.3 is 19.7 Å². The monoisotopic (exact) mass is 546 g/mol. The number of aryl methyl sites for hydroxylation is 1. The molecule has 0 fully saturated rings. The van der Waals surface area contributed by atoms with E-state index in [-0.39, 0.29) is 11.4 Å². The highest BCUT2D eigenvalue weighted by atomic mass is 16.6. The lowest BCUT2D eigenvalue weighted by atomic mass is 9.77. The van der Waals surface area contributed by atoms with E-state index < -0.39 is 5.60 Å². The van der Waals surface area contributed by atoms with Crippen molar-refractivity contribution in [2.24, 2.45) is 0 Å². The number of hydrogen-bond donors (Lipinski definition) is 1. The van der Waals surface area contributed by atoms with Gasteiger partial charge in [-0.1, -0.05) is 51.1 Å². The maximum absolute atomic E-state index is 13.3. The van der Waals surface area contributed by atoms with E-state index >= 15 is 0 Å². The third-order valence-electron chi connectivity index (χ3n) is 9.00. The van der Waals surface area contributed by atoms with Crippen LogP contribution in [-0.2, 0) is 15.8 Å². The molecule has 2 heterocycles. The molecule has 0 aromatic heterocycles. The van der Waals surface area contributed by atoms with Gasteiger partial charge in [-0.15, -0.1) is 0 Å². The summed E-state index contributed by atoms with van der Waals surface area (Å²) in [6.45, 7) is 14.9. The van der Waals surface area contributed by atoms with Crippen LogP contribution in [-0.4, -0.2) is 19.1 Å². The number of rotatable bonds is 7. The topological polar surface area (TPSA) is 50.8 Å². The largest absolute Gasteiger partial charge is 0.456 e. The number of carbonyl (C=O) groups is 1. The molecule has 0 radical (unpaired) electrons. The Bertz CT molecular complexity index is 1640. The number of ether oxygens (including phenoxy) is 2. The normalized spacial score (nSPS) is 16.9. The molecular formula is C36H38N2O3. The Morgan fingerprint density at radius 3 is 2.24 bits per heavy atom. The number of fused-ring (bicyclic) bond motifs is 6. The molecule has 2 aliphatic rings. The molecule has 4 aromatic rings. The zero-order valence-electron chi connectivity index (χ0n) is 24.8. The zero-order valence-corrected chi connectivity index (χ0v) is 24.8. The highest BCUT2D eigenvalue weighted by Gasteiger charge is 2.53. The van der Waals surface area contributed by atoms with Gasteiger partial charge in [-0.05, 0) is 86.2 Å². The lowest BCUT2D eigenvalue weighted by Crippen LogP contribution is -2.33. The molecule has 1 N–H and O–H groups in total. The van der Waals surface area contributed by atoms with E-state index in [1.165, 1.54) is 5.56 Å². The summed E-state index contributed by atoms with van der Waals surface area (Å²) < 4.78 is 13.0. The standard InChI is InChI=1S/C36H38N2O3/c1-7-35(5,6)24-14-16-25(17-15-24)37-31-22-30-32(20-23(31)4)40-33-21-26(38(8-2)9-3)18-19-29(33)36(30)28-13-11-10-12-27(28)34(39)41-36/h10-22,37H,7-9H2,1-6H3. The van der Waals surface area contributed by atoms with Crippen molar-refractivity contribution in [1.29, 1.82) is 0 Å². The van der Waals surface area contributed by atoms with E-state index in [1.54, 1.807) is 0 Å². The van der Waals surface area contributed by atoms with Crippen LogP contribution in [0.3, 0.4) is 0 Å². The summed E-state index contributed by atoms with van der Waals surface area (Å²) in [4.78, 5) is 15.6. The molecule has 5 nitrogen and oxygen atoms in total. The first kappa shape index (κ1) is 26.9. The highest BCUT2D eigenvalue weighted by molar-refractivity contribution is 5.97. The second kappa shape index (κ2) is 9.99. The van der Waals surface area contributed by atoms with Crippen molar-refractivity contribution in [3.8, 4) is 11.5 Å². The first-order valence-electron chi connectivity index (χ1n) is 14.6. The fourth-order valence-corrected chi connectivity index (χ4v) is 6.09. The molecule has 0 amide bonds. The van der Waals surface area contributed by atoms with Crippen molar-refractivity contribution in [3.05, 3.63) is 112 Å². The predicted octanol–water partition coefficient (Wildman–Crippen LogP) is 8.84. The molecule has 5 heteroatoms. The molecule has 1 unspecified atom stereocenters. The predicted molar refractivity (Wildman–Crippen MR) is 166 cm³/mol. The summed E-state index contributed by atoms with van der Waals surface area (Å²) in [5, 5.41) is 3.62. The van der Waals surface area contributed by atoms with Crippen LogP contribution in [0.15, 0.2) is 78.9 Å². The molecule has 0 saturated heterocycles. The molecule has 1 atom stereocenters. The van der Waals surface area contributed by atoms with Crippen molar-refractivity contribution in [2.75, 3.05) is 23.3 Å². The van der Waals surface area contributed by atoms with Gasteiger partial charge in [0, 0.05) is 52.9 Å². The summed E-state index contributed by atoms with van der Waals surface area (Å²) >= 11 is 0. The summed E-state index contributed by atoms with van der Waals surface area (Å²) in [6.07, 6.45) is 1.07. The first-order valence-corrected chi connectivity index (χ1v) is 14.6. The SMILES string of the molecule is CCN(CC)c1ccc2c(c1)Oc1cc(C)c(Nc3ccc(C(C)(C)CC)cc3)cc1C21OC(=O)c2ccccc21. The van der Waals surface area contributed by atoms with E-state index in [4.69, 9.17) is 9.47 Å². The molecule has 0 bridgehead atoms. The smallest absolute Gasteiger partial charge is 0.340 e. The van der Waals surface area contributed by atoms with Crippen LogP contribution < -0.4 is 15.0 Å². The van der Waals surface area contributed by atoms with E-state index in [0.717, 1.165) is 58.8 Å². The van der Waals surface area contributed by atoms with Crippen LogP contribution >= 0.6 is 0 Å². The average molecular weight is 547 g/mol. The van der Waals surface area contributed by atoms with Crippen LogP contribution in [0.5, 0.6) is 11.5 Å². The van der Waals surface area contributed by atoms with Gasteiger partial charge in [0.1, 0.15) is 11.5 Å². The van der Waals surface area contributed by atoms with Crippen molar-refractivity contribution in [2.45, 2.75) is 59.0 Å². The fraction of sp³-hybridized carbons (Fsp3) is 0.306. The van der Waals surface area contributed by atoms with Gasteiger partial charge in [0.05, 0.1) is 5.56 Å². The third kappa shape index (κ3) is 4.26. The number of carbonyl (C=O) groups excluding carboxylic acids is 1. The molecule has 1 spiro atoms. The lowest BCUT2D eigenvalue weighted by molar-refractivity contribution is 0.0224. The Morgan fingerprint density at radius 2 is 1.54 bits per heavy atom. The Morgan fingerprint density at radius 1 is 0.829 bits per heavy atom. The summed E-state index contributed by atoms with van der Waals surface area (Å²) in [6, 6.07) is 26.7. The number of hydrogen-bond acceptors (Lipinski definition) is 5. The van der Waals surface area contributed by atoms with E-state index in [9.17, 15) is 4.79 Å². The molecule has 0 saturated carbocycles. The van der Waals surface area contributed by atoms with Crippen LogP contribution in [0.2, 0.25) is 0 Å². The van der Waals surface area contributed by atoms with Crippen molar-refractivity contribution in [3.63, 3.8) is 0 Å². The highest BCUT2D eigenvalue weighted by Crippen LogP contribution is 2.57. The average Bonchev–Trinajstić information content (AvgIpc) is 3.27. The minimum atomic E-state index is -1.10. The Labute approximate surface area is 243 Å². The molecule has 210 valence electrons. The Kier molecular flexibility index (Phi) is 6.56. The minimum absolute atomic E-state index is 0.127. The second-order valence-corrected chi connectivity index (χ2v) is 11.7. The third-order valence-corrected chi connectivity index (χ3v) is 9.00. The number of anilines is 3. The second-order valence-electron chi connectivity index (χ2n) is 11.7. The molecule has 41 heavy (non-hydrogen) atoms. The summed E-state index contributed by atoms with van der Waals surface area (Å²) in [5.41, 5.74) is 7.48. The molecule has 4 aromatic carbocycles. The maximum Gasteiger partial charge on any atom is 0.340 e. The van der Waals surface area contributed by atoms with Gasteiger partial charge in [-0.25, -0.2) is 4.79 Å². The molecular weight excluding hydrogens is 508 g/mol. The molecule has 2 aliphatic heterocycles. The maximum atomic E-state index is 13.3. The number of esters is 1. The quantitative estimate of drug-likeness (QED) is 0.235. The van der Waals surface area contributed by atoms with Gasteiger partial charge >= 0.3 is 5.97 Å². The molecule has 0 aliphatic carbocycles. The van der Waals surface area contributed by atoms with Crippen LogP contribution in [0.25, 0.3) is 0 Å². The summed E-state index contributed by atoms with van der Waals surface area (Å²) in [5.74, 6) is 1.08. The van der Waals surface area contributed by atoms with Gasteiger partial charge in [0.25, 0.3) is 0 Å². The number of nitrogens with zero attached hydrogens (tertiary/aromatic N) is 1. The van der Waals surface area contributed by atoms with Crippen LogP contribution in [0.4, 0.5) is 17.1 Å². The Hall–Kier alpha value is -4.25. The van der Waals surface area contributed by atoms with Gasteiger partial charge in [-0.3, -0.25) is 0 Å². The zero-order chi connectivity index (χ0) is 28.9. The van der Waals surface area contributed by atoms with Gasteiger partial charge in [0.15, 0.2) is 5.60 Å². The first-order chi connectivity index (χ1) is 19.7. The Balaban J connectivity index is 1.49. The van der Waals surface area contributed by atoms with Gasteiger partial charge in [0.2, 0.25) is 0 Å². The van der Waals surface area contributed by atoms with E-state index in [0.29, 0.717) is 17.1 Å². The van der Waals surface area contributed by atoms with Crippen molar-refractivity contribution in [1.82, 2.24) is 0 Å². The van der Waals surface area contributed by atoms with Crippen molar-refractivity contribution >= 4 is 23.0 Å². The van der Waals surface area contributed by atoms with Crippen LogP contribution in [0.1, 0.15) is 79.2 Å². The van der Waals surface area contributed by atoms with E-state index in [1.807, 2.05) is 24.3 Å². The lowest BCUT2D eigenvalue weighted by Gasteiger charge is -2.37. The number of benzene rings is 4. The van der Waals surface area contributed by atoms with Gasteiger partial charge in [-0.2, -0.15) is 0 Å². The fourth-order valence-electron chi connectivity index (χ4n) is 6.09. The number of nitrogens with one attached hydrogen (secondary N) is 1. The van der Waals surface area contributed by atoms with Crippen LogP contribution in [0, 0.1) is 6.92 Å². The molecule has 6 rings (SSSR count). The van der Waals surface area contributed by atoms with Crippen molar-refractivity contribution < 1.29 is 14.3 Å². The summed E-state index contributed by atoms with van der Waals surface area (Å²) in [7, 11) is 0. The minimum Gasteiger partial charge on any atom is -0.456 e. The van der Waals surface area contributed by atoms with E-state index in [2.05, 4.69) is 106 Å².